The maximum atomic E-state index is 13.0. The molecule has 1 aromatic heterocycles. The zero-order valence-electron chi connectivity index (χ0n) is 16.6. The van der Waals surface area contributed by atoms with Gasteiger partial charge in [-0.15, -0.1) is 0 Å². The minimum absolute atomic E-state index is 0.140. The first-order valence-electron chi connectivity index (χ1n) is 9.60. The Morgan fingerprint density at radius 2 is 1.84 bits per heavy atom. The molecule has 2 aromatic carbocycles. The Labute approximate surface area is 179 Å². The van der Waals surface area contributed by atoms with Crippen molar-refractivity contribution in [2.75, 3.05) is 11.9 Å². The van der Waals surface area contributed by atoms with E-state index in [-0.39, 0.29) is 17.9 Å². The van der Waals surface area contributed by atoms with E-state index in [9.17, 15) is 26.7 Å². The fraction of sp³-hybridized carbons (Fsp3) is 0.273. The number of aromatic carboxylic acids is 1. The highest BCUT2D eigenvalue weighted by Crippen LogP contribution is 2.39. The van der Waals surface area contributed by atoms with Gasteiger partial charge in [0.1, 0.15) is 11.3 Å². The molecule has 0 aliphatic rings. The van der Waals surface area contributed by atoms with E-state index in [1.165, 1.54) is 18.3 Å². The van der Waals surface area contributed by atoms with Crippen molar-refractivity contribution < 1.29 is 36.6 Å². The number of rotatable bonds is 9. The first kappa shape index (κ1) is 23.2. The molecule has 1 heterocycles. The topological polar surface area (TPSA) is 71.5 Å². The summed E-state index contributed by atoms with van der Waals surface area (Å²) < 4.78 is 68.3. The van der Waals surface area contributed by atoms with Crippen LogP contribution in [0.15, 0.2) is 54.7 Å². The molecular weight excluding hydrogens is 435 g/mol. The first-order valence-corrected chi connectivity index (χ1v) is 9.60. The number of fused-ring (bicyclic) bond motifs is 1. The third-order valence-electron chi connectivity index (χ3n) is 4.72. The standard InChI is InChI=1S/C22H19F5N2O3/c23-21(24,22(25,26)27)9-3-11-32-18-8-7-15(17-6-2-10-28-19(17)18)13-29-16-5-1-4-14(12-16)20(30)31/h1-2,4-8,10,12,29H,3,9,11,13H2,(H,30,31). The highest BCUT2D eigenvalue weighted by Gasteiger charge is 2.56. The molecule has 0 atom stereocenters. The molecule has 5 nitrogen and oxygen atoms in total. The van der Waals surface area contributed by atoms with Crippen LogP contribution in [0.4, 0.5) is 27.6 Å². The molecule has 2 N–H and O–H groups in total. The third-order valence-corrected chi connectivity index (χ3v) is 4.72. The van der Waals surface area contributed by atoms with Gasteiger partial charge in [-0.05, 0) is 42.3 Å². The molecule has 0 aliphatic carbocycles. The number of hydrogen-bond acceptors (Lipinski definition) is 4. The number of aromatic nitrogens is 1. The molecular formula is C22H19F5N2O3. The monoisotopic (exact) mass is 454 g/mol. The lowest BCUT2D eigenvalue weighted by molar-refractivity contribution is -0.284. The van der Waals surface area contributed by atoms with Crippen LogP contribution in [0.3, 0.4) is 0 Å². The number of pyridine rings is 1. The van der Waals surface area contributed by atoms with Crippen LogP contribution in [0.1, 0.15) is 28.8 Å². The number of carbonyl (C=O) groups is 1. The van der Waals surface area contributed by atoms with E-state index in [0.29, 0.717) is 23.1 Å². The van der Waals surface area contributed by atoms with Crippen molar-refractivity contribution in [2.24, 2.45) is 0 Å². The van der Waals surface area contributed by atoms with Crippen molar-refractivity contribution in [3.05, 3.63) is 65.9 Å². The molecule has 0 fully saturated rings. The average Bonchev–Trinajstić information content (AvgIpc) is 2.75. The molecule has 0 saturated carbocycles. The van der Waals surface area contributed by atoms with Crippen LogP contribution in [-0.2, 0) is 6.54 Å². The van der Waals surface area contributed by atoms with Gasteiger partial charge in [-0.2, -0.15) is 22.0 Å². The summed E-state index contributed by atoms with van der Waals surface area (Å²) in [7, 11) is 0. The summed E-state index contributed by atoms with van der Waals surface area (Å²) in [6.45, 7) is 0.0142. The lowest BCUT2D eigenvalue weighted by Gasteiger charge is -2.19. The Hall–Kier alpha value is -3.43. The molecule has 170 valence electrons. The summed E-state index contributed by atoms with van der Waals surface area (Å²) in [4.78, 5) is 15.3. The molecule has 10 heteroatoms. The smallest absolute Gasteiger partial charge is 0.453 e. The third kappa shape index (κ3) is 5.43. The predicted octanol–water partition coefficient (Wildman–Crippen LogP) is 5.90. The fourth-order valence-corrected chi connectivity index (χ4v) is 3.05. The summed E-state index contributed by atoms with van der Waals surface area (Å²) in [6, 6.07) is 13.1. The van der Waals surface area contributed by atoms with Crippen molar-refractivity contribution in [3.63, 3.8) is 0 Å². The lowest BCUT2D eigenvalue weighted by atomic mass is 10.1. The van der Waals surface area contributed by atoms with Crippen LogP contribution in [-0.4, -0.2) is 34.8 Å². The van der Waals surface area contributed by atoms with Crippen molar-refractivity contribution in [1.82, 2.24) is 4.98 Å². The van der Waals surface area contributed by atoms with Gasteiger partial charge in [0.25, 0.3) is 0 Å². The van der Waals surface area contributed by atoms with Gasteiger partial charge in [0, 0.05) is 30.2 Å². The van der Waals surface area contributed by atoms with E-state index in [2.05, 4.69) is 10.3 Å². The molecule has 0 saturated heterocycles. The van der Waals surface area contributed by atoms with E-state index >= 15 is 0 Å². The van der Waals surface area contributed by atoms with E-state index in [4.69, 9.17) is 9.84 Å². The summed E-state index contributed by atoms with van der Waals surface area (Å²) >= 11 is 0. The van der Waals surface area contributed by atoms with Gasteiger partial charge in [0.2, 0.25) is 0 Å². The van der Waals surface area contributed by atoms with Crippen molar-refractivity contribution >= 4 is 22.6 Å². The van der Waals surface area contributed by atoms with Crippen molar-refractivity contribution in [2.45, 2.75) is 31.5 Å². The summed E-state index contributed by atoms with van der Waals surface area (Å²) in [5.74, 6) is -5.53. The Kier molecular flexibility index (Phi) is 6.81. The number of nitrogens with one attached hydrogen (secondary N) is 1. The summed E-state index contributed by atoms with van der Waals surface area (Å²) in [5, 5.41) is 12.9. The maximum absolute atomic E-state index is 13.0. The van der Waals surface area contributed by atoms with Crippen LogP contribution in [0.5, 0.6) is 5.75 Å². The van der Waals surface area contributed by atoms with E-state index in [1.807, 2.05) is 0 Å². The summed E-state index contributed by atoms with van der Waals surface area (Å²) in [5.41, 5.74) is 1.99. The number of anilines is 1. The van der Waals surface area contributed by atoms with Crippen LogP contribution < -0.4 is 10.1 Å². The lowest BCUT2D eigenvalue weighted by Crippen LogP contribution is -2.36. The Morgan fingerprint density at radius 1 is 1.06 bits per heavy atom. The molecule has 0 spiro atoms. The molecule has 0 unspecified atom stereocenters. The Morgan fingerprint density at radius 3 is 2.56 bits per heavy atom. The molecule has 0 amide bonds. The summed E-state index contributed by atoms with van der Waals surface area (Å²) in [6.07, 6.45) is -5.91. The number of carboxylic acids is 1. The van der Waals surface area contributed by atoms with Gasteiger partial charge in [0.05, 0.1) is 12.2 Å². The predicted molar refractivity (Wildman–Crippen MR) is 108 cm³/mol. The second-order valence-corrected chi connectivity index (χ2v) is 7.02. The second kappa shape index (κ2) is 9.37. The average molecular weight is 454 g/mol. The molecule has 0 bridgehead atoms. The van der Waals surface area contributed by atoms with Crippen LogP contribution in [0.2, 0.25) is 0 Å². The van der Waals surface area contributed by atoms with E-state index in [1.54, 1.807) is 36.4 Å². The minimum Gasteiger partial charge on any atom is -0.491 e. The first-order chi connectivity index (χ1) is 15.1. The van der Waals surface area contributed by atoms with E-state index in [0.717, 1.165) is 5.56 Å². The van der Waals surface area contributed by atoms with Crippen LogP contribution >= 0.6 is 0 Å². The number of nitrogens with zero attached hydrogens (tertiary/aromatic N) is 1. The Bertz CT molecular complexity index is 1100. The molecule has 0 aliphatic heterocycles. The van der Waals surface area contributed by atoms with Gasteiger partial charge >= 0.3 is 18.1 Å². The van der Waals surface area contributed by atoms with Crippen molar-refractivity contribution in [1.29, 1.82) is 0 Å². The van der Waals surface area contributed by atoms with E-state index < -0.39 is 30.9 Å². The zero-order chi connectivity index (χ0) is 23.4. The van der Waals surface area contributed by atoms with Crippen molar-refractivity contribution in [3.8, 4) is 5.75 Å². The van der Waals surface area contributed by atoms with Gasteiger partial charge < -0.3 is 15.2 Å². The van der Waals surface area contributed by atoms with Gasteiger partial charge in [-0.3, -0.25) is 4.98 Å². The molecule has 3 rings (SSSR count). The van der Waals surface area contributed by atoms with Gasteiger partial charge in [-0.1, -0.05) is 18.2 Å². The second-order valence-electron chi connectivity index (χ2n) is 7.02. The molecule has 3 aromatic rings. The van der Waals surface area contributed by atoms with Gasteiger partial charge in [-0.25, -0.2) is 4.79 Å². The van der Waals surface area contributed by atoms with Crippen LogP contribution in [0, 0.1) is 0 Å². The number of hydrogen-bond donors (Lipinski definition) is 2. The minimum atomic E-state index is -5.58. The number of alkyl halides is 5. The highest BCUT2D eigenvalue weighted by atomic mass is 19.4. The number of halogens is 5. The maximum Gasteiger partial charge on any atom is 0.453 e. The fourth-order valence-electron chi connectivity index (χ4n) is 3.05. The van der Waals surface area contributed by atoms with Gasteiger partial charge in [0.15, 0.2) is 0 Å². The van der Waals surface area contributed by atoms with Crippen LogP contribution in [0.25, 0.3) is 10.9 Å². The quantitative estimate of drug-likeness (QED) is 0.311. The molecule has 32 heavy (non-hydrogen) atoms. The normalized spacial score (nSPS) is 12.0. The number of ether oxygens (including phenoxy) is 1. The number of carboxylic acid groups (broad SMARTS) is 1. The number of benzene rings is 2. The highest BCUT2D eigenvalue weighted by molar-refractivity contribution is 5.89. The SMILES string of the molecule is O=C(O)c1cccc(NCc2ccc(OCCCC(F)(F)C(F)(F)F)c3ncccc23)c1. The zero-order valence-corrected chi connectivity index (χ0v) is 16.6. The Balaban J connectivity index is 1.69. The molecule has 0 radical (unpaired) electrons. The largest absolute Gasteiger partial charge is 0.491 e.